The number of hydrogen-bond donors (Lipinski definition) is 2. The molecule has 0 spiro atoms. The molecule has 0 fully saturated rings. The number of ether oxygens (including phenoxy) is 2. The first-order chi connectivity index (χ1) is 10.8. The second-order valence-corrected chi connectivity index (χ2v) is 4.53. The molecular weight excluding hydrogens is 405 g/mol. The zero-order chi connectivity index (χ0) is 15.6. The van der Waals surface area contributed by atoms with Gasteiger partial charge in [0.25, 0.3) is 0 Å². The summed E-state index contributed by atoms with van der Waals surface area (Å²) < 4.78 is 11.0. The van der Waals surface area contributed by atoms with Gasteiger partial charge in [-0.15, -0.1) is 24.0 Å². The molecule has 0 heterocycles. The van der Waals surface area contributed by atoms with Gasteiger partial charge < -0.3 is 20.5 Å². The molecule has 23 heavy (non-hydrogen) atoms. The van der Waals surface area contributed by atoms with Crippen LogP contribution in [0.5, 0.6) is 11.5 Å². The van der Waals surface area contributed by atoms with E-state index in [1.54, 1.807) is 0 Å². The standard InChI is InChI=1S/C17H21N3O2.HI/c1-2-21-12-11-19-17(18)20-14-7-6-10-16(13-14)22-15-8-4-3-5-9-15;/h3-10,13H,2,11-12H2,1H3,(H3,18,19,20);1H. The van der Waals surface area contributed by atoms with Gasteiger partial charge in [0.05, 0.1) is 13.2 Å². The number of guanidine groups is 1. The van der Waals surface area contributed by atoms with E-state index in [0.29, 0.717) is 25.7 Å². The Morgan fingerprint density at radius 2 is 1.83 bits per heavy atom. The first-order valence-corrected chi connectivity index (χ1v) is 7.25. The monoisotopic (exact) mass is 427 g/mol. The molecule has 0 aliphatic heterocycles. The molecule has 2 aromatic carbocycles. The molecule has 5 nitrogen and oxygen atoms in total. The van der Waals surface area contributed by atoms with Crippen LogP contribution < -0.4 is 15.8 Å². The van der Waals surface area contributed by atoms with Crippen LogP contribution in [0.1, 0.15) is 6.92 Å². The molecule has 0 saturated heterocycles. The molecule has 0 saturated carbocycles. The Morgan fingerprint density at radius 3 is 2.57 bits per heavy atom. The van der Waals surface area contributed by atoms with Gasteiger partial charge in [0.15, 0.2) is 5.96 Å². The quantitative estimate of drug-likeness (QED) is 0.305. The maximum absolute atomic E-state index is 5.83. The molecule has 0 amide bonds. The number of benzene rings is 2. The maximum atomic E-state index is 5.83. The van der Waals surface area contributed by atoms with Gasteiger partial charge >= 0.3 is 0 Å². The van der Waals surface area contributed by atoms with E-state index in [-0.39, 0.29) is 24.0 Å². The Hall–Kier alpha value is -1.80. The van der Waals surface area contributed by atoms with Crippen LogP contribution in [0.4, 0.5) is 5.69 Å². The Bertz CT molecular complexity index is 606. The average Bonchev–Trinajstić information content (AvgIpc) is 2.53. The maximum Gasteiger partial charge on any atom is 0.193 e. The van der Waals surface area contributed by atoms with Crippen LogP contribution in [0.25, 0.3) is 0 Å². The summed E-state index contributed by atoms with van der Waals surface area (Å²) in [4.78, 5) is 4.19. The normalized spacial score (nSPS) is 10.7. The van der Waals surface area contributed by atoms with Crippen LogP contribution in [-0.2, 0) is 4.74 Å². The SMILES string of the molecule is CCOCCN=C(N)Nc1cccc(Oc2ccccc2)c1.I. The minimum atomic E-state index is 0. The Kier molecular flexibility index (Phi) is 9.08. The Morgan fingerprint density at radius 1 is 1.09 bits per heavy atom. The van der Waals surface area contributed by atoms with Gasteiger partial charge in [0.2, 0.25) is 0 Å². The van der Waals surface area contributed by atoms with Crippen LogP contribution >= 0.6 is 24.0 Å². The number of nitrogens with zero attached hydrogens (tertiary/aromatic N) is 1. The predicted molar refractivity (Wildman–Crippen MR) is 105 cm³/mol. The number of anilines is 1. The number of hydrogen-bond acceptors (Lipinski definition) is 3. The summed E-state index contributed by atoms with van der Waals surface area (Å²) in [6.45, 7) is 3.73. The lowest BCUT2D eigenvalue weighted by Gasteiger charge is -2.09. The first-order valence-electron chi connectivity index (χ1n) is 7.25. The van der Waals surface area contributed by atoms with Crippen molar-refractivity contribution >= 4 is 35.6 Å². The minimum Gasteiger partial charge on any atom is -0.457 e. The summed E-state index contributed by atoms with van der Waals surface area (Å²) >= 11 is 0. The molecule has 0 radical (unpaired) electrons. The van der Waals surface area contributed by atoms with E-state index in [1.165, 1.54) is 0 Å². The molecule has 3 N–H and O–H groups in total. The number of para-hydroxylation sites is 1. The fourth-order valence-electron chi connectivity index (χ4n) is 1.82. The number of halogens is 1. The van der Waals surface area contributed by atoms with Crippen LogP contribution in [-0.4, -0.2) is 25.7 Å². The lowest BCUT2D eigenvalue weighted by molar-refractivity contribution is 0.156. The highest BCUT2D eigenvalue weighted by atomic mass is 127. The number of aliphatic imine (C=N–C) groups is 1. The molecule has 6 heteroatoms. The molecule has 124 valence electrons. The van der Waals surface area contributed by atoms with E-state index in [2.05, 4.69) is 10.3 Å². The van der Waals surface area contributed by atoms with Crippen molar-refractivity contribution in [1.82, 2.24) is 0 Å². The van der Waals surface area contributed by atoms with E-state index >= 15 is 0 Å². The van der Waals surface area contributed by atoms with Crippen molar-refractivity contribution in [3.05, 3.63) is 54.6 Å². The van der Waals surface area contributed by atoms with Crippen molar-refractivity contribution in [2.24, 2.45) is 10.7 Å². The highest BCUT2D eigenvalue weighted by Gasteiger charge is 2.00. The number of rotatable bonds is 7. The van der Waals surface area contributed by atoms with Gasteiger partial charge in [0, 0.05) is 18.4 Å². The molecule has 2 rings (SSSR count). The number of nitrogens with two attached hydrogens (primary N) is 1. The van der Waals surface area contributed by atoms with Crippen LogP contribution in [0.3, 0.4) is 0 Å². The fraction of sp³-hybridized carbons (Fsp3) is 0.235. The minimum absolute atomic E-state index is 0. The second kappa shape index (κ2) is 10.8. The molecular formula is C17H22IN3O2. The van der Waals surface area contributed by atoms with E-state index < -0.39 is 0 Å². The van der Waals surface area contributed by atoms with Crippen LogP contribution in [0, 0.1) is 0 Å². The first kappa shape index (κ1) is 19.2. The van der Waals surface area contributed by atoms with Gasteiger partial charge in [0.1, 0.15) is 11.5 Å². The summed E-state index contributed by atoms with van der Waals surface area (Å²) in [5, 5.41) is 3.04. The average molecular weight is 427 g/mol. The zero-order valence-electron chi connectivity index (χ0n) is 13.1. The summed E-state index contributed by atoms with van der Waals surface area (Å²) in [7, 11) is 0. The third-order valence-electron chi connectivity index (χ3n) is 2.81. The van der Waals surface area contributed by atoms with Crippen LogP contribution in [0.15, 0.2) is 59.6 Å². The van der Waals surface area contributed by atoms with E-state index in [0.717, 1.165) is 17.2 Å². The summed E-state index contributed by atoms with van der Waals surface area (Å²) in [5.41, 5.74) is 6.66. The lowest BCUT2D eigenvalue weighted by atomic mass is 10.3. The topological polar surface area (TPSA) is 68.9 Å². The van der Waals surface area contributed by atoms with Gasteiger partial charge in [-0.3, -0.25) is 4.99 Å². The van der Waals surface area contributed by atoms with Crippen molar-refractivity contribution in [3.63, 3.8) is 0 Å². The van der Waals surface area contributed by atoms with Crippen molar-refractivity contribution < 1.29 is 9.47 Å². The van der Waals surface area contributed by atoms with Gasteiger partial charge in [-0.25, -0.2) is 0 Å². The summed E-state index contributed by atoms with van der Waals surface area (Å²) in [6, 6.07) is 17.2. The van der Waals surface area contributed by atoms with E-state index in [4.69, 9.17) is 15.2 Å². The van der Waals surface area contributed by atoms with E-state index in [9.17, 15) is 0 Å². The van der Waals surface area contributed by atoms with Crippen LogP contribution in [0.2, 0.25) is 0 Å². The van der Waals surface area contributed by atoms with Gasteiger partial charge in [-0.1, -0.05) is 24.3 Å². The highest BCUT2D eigenvalue weighted by molar-refractivity contribution is 14.0. The van der Waals surface area contributed by atoms with Crippen molar-refractivity contribution in [3.8, 4) is 11.5 Å². The molecule has 0 unspecified atom stereocenters. The predicted octanol–water partition coefficient (Wildman–Crippen LogP) is 3.86. The second-order valence-electron chi connectivity index (χ2n) is 4.53. The molecule has 0 aromatic heterocycles. The van der Waals surface area contributed by atoms with Crippen molar-refractivity contribution in [2.75, 3.05) is 25.1 Å². The molecule has 2 aromatic rings. The largest absolute Gasteiger partial charge is 0.457 e. The fourth-order valence-corrected chi connectivity index (χ4v) is 1.82. The van der Waals surface area contributed by atoms with Crippen molar-refractivity contribution in [1.29, 1.82) is 0 Å². The third kappa shape index (κ3) is 7.34. The summed E-state index contributed by atoms with van der Waals surface area (Å²) in [5.74, 6) is 1.88. The summed E-state index contributed by atoms with van der Waals surface area (Å²) in [6.07, 6.45) is 0. The Labute approximate surface area is 153 Å². The lowest BCUT2D eigenvalue weighted by Crippen LogP contribution is -2.23. The molecule has 0 aliphatic rings. The highest BCUT2D eigenvalue weighted by Crippen LogP contribution is 2.23. The zero-order valence-corrected chi connectivity index (χ0v) is 15.4. The smallest absolute Gasteiger partial charge is 0.193 e. The Balaban J connectivity index is 0.00000264. The van der Waals surface area contributed by atoms with Gasteiger partial charge in [-0.05, 0) is 31.2 Å². The molecule has 0 atom stereocenters. The third-order valence-corrected chi connectivity index (χ3v) is 2.81. The van der Waals surface area contributed by atoms with Gasteiger partial charge in [-0.2, -0.15) is 0 Å². The van der Waals surface area contributed by atoms with Crippen molar-refractivity contribution in [2.45, 2.75) is 6.92 Å². The molecule has 0 bridgehead atoms. The van der Waals surface area contributed by atoms with E-state index in [1.807, 2.05) is 61.5 Å². The molecule has 0 aliphatic carbocycles. The number of nitrogens with one attached hydrogen (secondary N) is 1.